The van der Waals surface area contributed by atoms with E-state index in [4.69, 9.17) is 0 Å². The summed E-state index contributed by atoms with van der Waals surface area (Å²) in [6, 6.07) is 5.28. The van der Waals surface area contributed by atoms with Crippen molar-refractivity contribution < 1.29 is 13.2 Å². The number of halogens is 3. The summed E-state index contributed by atoms with van der Waals surface area (Å²) in [5, 5.41) is 7.28. The molecule has 1 N–H and O–H groups in total. The van der Waals surface area contributed by atoms with Crippen LogP contribution in [0.15, 0.2) is 36.7 Å². The molecule has 96 valence electrons. The van der Waals surface area contributed by atoms with Gasteiger partial charge in [0.1, 0.15) is 11.3 Å². The van der Waals surface area contributed by atoms with Gasteiger partial charge < -0.3 is 4.98 Å². The van der Waals surface area contributed by atoms with Crippen LogP contribution in [0.4, 0.5) is 13.2 Å². The first kappa shape index (κ1) is 11.6. The number of hydrogen-bond donors (Lipinski definition) is 1. The van der Waals surface area contributed by atoms with Gasteiger partial charge >= 0.3 is 6.18 Å². The molecule has 0 bridgehead atoms. The normalized spacial score (nSPS) is 11.9. The van der Waals surface area contributed by atoms with Gasteiger partial charge in [-0.3, -0.25) is 0 Å². The topological polar surface area (TPSA) is 54.5 Å². The third kappa shape index (κ3) is 2.03. The summed E-state index contributed by atoms with van der Waals surface area (Å²) in [7, 11) is 0. The molecule has 0 aliphatic rings. The van der Waals surface area contributed by atoms with E-state index in [-0.39, 0.29) is 11.4 Å². The fourth-order valence-electron chi connectivity index (χ4n) is 1.84. The van der Waals surface area contributed by atoms with Gasteiger partial charge in [-0.2, -0.15) is 23.4 Å². The number of benzene rings is 1. The van der Waals surface area contributed by atoms with E-state index >= 15 is 0 Å². The van der Waals surface area contributed by atoms with Crippen molar-refractivity contribution in [1.82, 2.24) is 20.2 Å². The lowest BCUT2D eigenvalue weighted by Crippen LogP contribution is -2.07. The highest BCUT2D eigenvalue weighted by atomic mass is 19.4. The van der Waals surface area contributed by atoms with Gasteiger partial charge in [0.25, 0.3) is 0 Å². The molecule has 0 radical (unpaired) electrons. The summed E-state index contributed by atoms with van der Waals surface area (Å²) < 4.78 is 38.8. The van der Waals surface area contributed by atoms with E-state index in [0.717, 1.165) is 6.07 Å². The van der Waals surface area contributed by atoms with E-state index in [1.54, 1.807) is 0 Å². The Balaban J connectivity index is 2.22. The molecule has 0 atom stereocenters. The van der Waals surface area contributed by atoms with E-state index in [2.05, 4.69) is 20.2 Å². The van der Waals surface area contributed by atoms with Crippen molar-refractivity contribution in [2.24, 2.45) is 0 Å². The van der Waals surface area contributed by atoms with Crippen LogP contribution in [0.3, 0.4) is 0 Å². The van der Waals surface area contributed by atoms with Crippen molar-refractivity contribution in [3.8, 4) is 11.4 Å². The van der Waals surface area contributed by atoms with E-state index in [1.165, 1.54) is 30.6 Å². The van der Waals surface area contributed by atoms with E-state index in [1.807, 2.05) is 0 Å². The first-order valence-electron chi connectivity index (χ1n) is 5.39. The second kappa shape index (κ2) is 4.04. The molecule has 0 amide bonds. The highest BCUT2D eigenvalue weighted by Gasteiger charge is 2.34. The molecular formula is C12H7F3N4. The fraction of sp³-hybridized carbons (Fsp3) is 0.0833. The first-order valence-corrected chi connectivity index (χ1v) is 5.39. The SMILES string of the molecule is FC(F)(F)c1ccccc1-c1nc2cnncc2[nH]1. The third-order valence-corrected chi connectivity index (χ3v) is 2.68. The van der Waals surface area contributed by atoms with Gasteiger partial charge in [-0.15, -0.1) is 0 Å². The molecular weight excluding hydrogens is 257 g/mol. The van der Waals surface area contributed by atoms with Crippen LogP contribution in [-0.4, -0.2) is 20.2 Å². The maximum absolute atomic E-state index is 12.9. The number of fused-ring (bicyclic) bond motifs is 1. The smallest absolute Gasteiger partial charge is 0.337 e. The Hall–Kier alpha value is -2.44. The molecule has 0 unspecified atom stereocenters. The van der Waals surface area contributed by atoms with Crippen molar-refractivity contribution in [3.05, 3.63) is 42.2 Å². The zero-order valence-corrected chi connectivity index (χ0v) is 9.44. The Labute approximate surface area is 105 Å². The van der Waals surface area contributed by atoms with Gasteiger partial charge in [0.05, 0.1) is 23.5 Å². The Morgan fingerprint density at radius 2 is 1.74 bits per heavy atom. The van der Waals surface area contributed by atoms with Crippen LogP contribution < -0.4 is 0 Å². The minimum Gasteiger partial charge on any atom is -0.337 e. The van der Waals surface area contributed by atoms with E-state index in [9.17, 15) is 13.2 Å². The molecule has 7 heteroatoms. The maximum atomic E-state index is 12.9. The summed E-state index contributed by atoms with van der Waals surface area (Å²) in [5.74, 6) is 0.151. The molecule has 0 aliphatic heterocycles. The summed E-state index contributed by atoms with van der Waals surface area (Å²) >= 11 is 0. The predicted molar refractivity (Wildman–Crippen MR) is 62.1 cm³/mol. The molecule has 2 heterocycles. The number of rotatable bonds is 1. The molecule has 0 aliphatic carbocycles. The van der Waals surface area contributed by atoms with Gasteiger partial charge in [0.15, 0.2) is 0 Å². The summed E-state index contributed by atoms with van der Waals surface area (Å²) in [6.45, 7) is 0. The minimum atomic E-state index is -4.42. The highest BCUT2D eigenvalue weighted by molar-refractivity contribution is 5.78. The highest BCUT2D eigenvalue weighted by Crippen LogP contribution is 2.36. The van der Waals surface area contributed by atoms with Crippen LogP contribution >= 0.6 is 0 Å². The third-order valence-electron chi connectivity index (χ3n) is 2.68. The standard InChI is InChI=1S/C12H7F3N4/c13-12(14,15)8-4-2-1-3-7(8)11-18-9-5-16-17-6-10(9)19-11/h1-6H,(H,18,19). The molecule has 19 heavy (non-hydrogen) atoms. The van der Waals surface area contributed by atoms with Gasteiger partial charge in [-0.05, 0) is 6.07 Å². The number of aromatic nitrogens is 4. The second-order valence-electron chi connectivity index (χ2n) is 3.92. The van der Waals surface area contributed by atoms with Crippen LogP contribution in [0, 0.1) is 0 Å². The van der Waals surface area contributed by atoms with Crippen LogP contribution in [0.2, 0.25) is 0 Å². The summed E-state index contributed by atoms with van der Waals surface area (Å²) in [4.78, 5) is 6.91. The number of hydrogen-bond acceptors (Lipinski definition) is 3. The van der Waals surface area contributed by atoms with Gasteiger partial charge in [0.2, 0.25) is 0 Å². The Morgan fingerprint density at radius 3 is 2.47 bits per heavy atom. The molecule has 1 aromatic carbocycles. The zero-order chi connectivity index (χ0) is 13.5. The number of aromatic amines is 1. The molecule has 0 fully saturated rings. The lowest BCUT2D eigenvalue weighted by molar-refractivity contribution is -0.137. The molecule has 4 nitrogen and oxygen atoms in total. The monoisotopic (exact) mass is 264 g/mol. The number of H-pyrrole nitrogens is 1. The molecule has 0 saturated heterocycles. The molecule has 0 spiro atoms. The number of imidazole rings is 1. The van der Waals surface area contributed by atoms with Gasteiger partial charge in [0, 0.05) is 5.56 Å². The van der Waals surface area contributed by atoms with E-state index < -0.39 is 11.7 Å². The Bertz CT molecular complexity index is 700. The second-order valence-corrected chi connectivity index (χ2v) is 3.92. The van der Waals surface area contributed by atoms with Gasteiger partial charge in [-0.25, -0.2) is 4.98 Å². The summed E-state index contributed by atoms with van der Waals surface area (Å²) in [6.07, 6.45) is -1.61. The van der Waals surface area contributed by atoms with Crippen molar-refractivity contribution in [2.45, 2.75) is 6.18 Å². The summed E-state index contributed by atoms with van der Waals surface area (Å²) in [5.41, 5.74) is 0.296. The average Bonchev–Trinajstić information content (AvgIpc) is 2.81. The number of nitrogens with zero attached hydrogens (tertiary/aromatic N) is 3. The number of alkyl halides is 3. The lowest BCUT2D eigenvalue weighted by atomic mass is 10.1. The van der Waals surface area contributed by atoms with Gasteiger partial charge in [-0.1, -0.05) is 18.2 Å². The largest absolute Gasteiger partial charge is 0.417 e. The van der Waals surface area contributed by atoms with Crippen LogP contribution in [0.25, 0.3) is 22.4 Å². The van der Waals surface area contributed by atoms with Crippen molar-refractivity contribution in [1.29, 1.82) is 0 Å². The Kier molecular flexibility index (Phi) is 2.48. The quantitative estimate of drug-likeness (QED) is 0.735. The van der Waals surface area contributed by atoms with Crippen molar-refractivity contribution in [3.63, 3.8) is 0 Å². The lowest BCUT2D eigenvalue weighted by Gasteiger charge is -2.10. The molecule has 0 saturated carbocycles. The predicted octanol–water partition coefficient (Wildman–Crippen LogP) is 3.04. The average molecular weight is 264 g/mol. The first-order chi connectivity index (χ1) is 9.05. The molecule has 3 aromatic rings. The molecule has 3 rings (SSSR count). The van der Waals surface area contributed by atoms with Crippen molar-refractivity contribution >= 4 is 11.0 Å². The van der Waals surface area contributed by atoms with Crippen molar-refractivity contribution in [2.75, 3.05) is 0 Å². The fourth-order valence-corrected chi connectivity index (χ4v) is 1.84. The number of nitrogens with one attached hydrogen (secondary N) is 1. The van der Waals surface area contributed by atoms with Crippen LogP contribution in [0.5, 0.6) is 0 Å². The minimum absolute atomic E-state index is 0.00574. The maximum Gasteiger partial charge on any atom is 0.417 e. The Morgan fingerprint density at radius 1 is 1.00 bits per heavy atom. The van der Waals surface area contributed by atoms with Crippen LogP contribution in [-0.2, 0) is 6.18 Å². The van der Waals surface area contributed by atoms with E-state index in [0.29, 0.717) is 11.0 Å². The zero-order valence-electron chi connectivity index (χ0n) is 9.44. The molecule has 2 aromatic heterocycles. The van der Waals surface area contributed by atoms with Crippen LogP contribution in [0.1, 0.15) is 5.56 Å².